The van der Waals surface area contributed by atoms with Crippen LogP contribution in [0.4, 0.5) is 10.1 Å². The van der Waals surface area contributed by atoms with Gasteiger partial charge in [-0.3, -0.25) is 4.79 Å². The Labute approximate surface area is 177 Å². The number of benzene rings is 2. The van der Waals surface area contributed by atoms with Gasteiger partial charge in [-0.2, -0.15) is 4.31 Å². The van der Waals surface area contributed by atoms with Crippen molar-refractivity contribution in [3.05, 3.63) is 70.4 Å². The molecule has 1 N–H and O–H groups in total. The van der Waals surface area contributed by atoms with Crippen molar-refractivity contribution in [2.45, 2.75) is 23.7 Å². The first-order chi connectivity index (χ1) is 14.4. The van der Waals surface area contributed by atoms with Gasteiger partial charge >= 0.3 is 0 Å². The lowest BCUT2D eigenvalue weighted by Crippen LogP contribution is -2.39. The second-order valence-electron chi connectivity index (χ2n) is 6.93. The molecule has 1 amide bonds. The minimum Gasteiger partial charge on any atom is -0.320 e. The van der Waals surface area contributed by atoms with E-state index in [4.69, 9.17) is 0 Å². The van der Waals surface area contributed by atoms with Crippen LogP contribution in [0.5, 0.6) is 0 Å². The van der Waals surface area contributed by atoms with Crippen LogP contribution in [-0.4, -0.2) is 41.9 Å². The summed E-state index contributed by atoms with van der Waals surface area (Å²) in [5.74, 6) is -1.06. The second kappa shape index (κ2) is 8.58. The minimum absolute atomic E-state index is 0.134. The van der Waals surface area contributed by atoms with Crippen molar-refractivity contribution < 1.29 is 17.6 Å². The van der Waals surface area contributed by atoms with E-state index in [0.29, 0.717) is 23.7 Å². The van der Waals surface area contributed by atoms with E-state index in [-0.39, 0.29) is 22.4 Å². The maximum Gasteiger partial charge on any atom is 0.286 e. The average Bonchev–Trinajstić information content (AvgIpc) is 3.25. The van der Waals surface area contributed by atoms with Crippen molar-refractivity contribution in [1.82, 2.24) is 14.5 Å². The molecule has 0 saturated carbocycles. The number of piperidine rings is 1. The van der Waals surface area contributed by atoms with Gasteiger partial charge in [-0.15, -0.1) is 10.2 Å². The van der Waals surface area contributed by atoms with Gasteiger partial charge in [0.15, 0.2) is 0 Å². The Morgan fingerprint density at radius 1 is 1.13 bits per heavy atom. The van der Waals surface area contributed by atoms with Gasteiger partial charge in [-0.05, 0) is 43.2 Å². The molecule has 3 aromatic rings. The number of hydrogen-bond acceptors (Lipinski definition) is 6. The molecule has 1 aliphatic rings. The van der Waals surface area contributed by atoms with Crippen molar-refractivity contribution in [2.24, 2.45) is 0 Å². The normalized spacial score (nSPS) is 17.6. The molecule has 4 rings (SSSR count). The lowest BCUT2D eigenvalue weighted by molar-refractivity contribution is 0.102. The molecular weight excluding hydrogens is 427 g/mol. The summed E-state index contributed by atoms with van der Waals surface area (Å²) in [7, 11) is -3.58. The van der Waals surface area contributed by atoms with Crippen LogP contribution in [0, 0.1) is 5.82 Å². The van der Waals surface area contributed by atoms with Gasteiger partial charge in [0.25, 0.3) is 5.91 Å². The molecule has 1 fully saturated rings. The number of anilines is 1. The summed E-state index contributed by atoms with van der Waals surface area (Å²) in [6.45, 7) is 0.733. The van der Waals surface area contributed by atoms with Crippen LogP contribution >= 0.6 is 11.3 Å². The van der Waals surface area contributed by atoms with Gasteiger partial charge in [0.1, 0.15) is 10.8 Å². The molecule has 1 aliphatic heterocycles. The highest BCUT2D eigenvalue weighted by atomic mass is 32.2. The smallest absolute Gasteiger partial charge is 0.286 e. The Kier molecular flexibility index (Phi) is 5.89. The van der Waals surface area contributed by atoms with Crippen molar-refractivity contribution in [3.63, 3.8) is 0 Å². The summed E-state index contributed by atoms with van der Waals surface area (Å²) in [4.78, 5) is 12.7. The highest BCUT2D eigenvalue weighted by Crippen LogP contribution is 2.32. The first kappa shape index (κ1) is 20.6. The number of amides is 1. The fourth-order valence-electron chi connectivity index (χ4n) is 3.35. The molecular formula is C20H19FN4O3S2. The molecule has 10 heteroatoms. The number of nitrogens with zero attached hydrogens (tertiary/aromatic N) is 3. The topological polar surface area (TPSA) is 92.3 Å². The third-order valence-electron chi connectivity index (χ3n) is 4.83. The standard InChI is InChI=1S/C20H19FN4O3S2/c21-15-7-4-8-16(12-15)22-18(26)20-24-23-19(29-20)14-6-5-11-25(13-14)30(27,28)17-9-2-1-3-10-17/h1-4,7-10,12,14H,5-6,11,13H2,(H,22,26)/t14-/m1/s1. The molecule has 156 valence electrons. The number of sulfonamides is 1. The van der Waals surface area contributed by atoms with E-state index >= 15 is 0 Å². The molecule has 0 bridgehead atoms. The first-order valence-electron chi connectivity index (χ1n) is 9.39. The van der Waals surface area contributed by atoms with Crippen molar-refractivity contribution >= 4 is 33.0 Å². The fraction of sp³-hybridized carbons (Fsp3) is 0.250. The molecule has 0 radical (unpaired) electrons. The molecule has 2 heterocycles. The molecule has 1 aromatic heterocycles. The van der Waals surface area contributed by atoms with Gasteiger partial charge < -0.3 is 5.32 Å². The summed E-state index contributed by atoms with van der Waals surface area (Å²) in [5, 5.41) is 11.4. The number of hydrogen-bond donors (Lipinski definition) is 1. The molecule has 0 spiro atoms. The zero-order valence-electron chi connectivity index (χ0n) is 15.9. The lowest BCUT2D eigenvalue weighted by atomic mass is 10.0. The van der Waals surface area contributed by atoms with E-state index in [0.717, 1.165) is 17.8 Å². The highest BCUT2D eigenvalue weighted by Gasteiger charge is 2.32. The van der Waals surface area contributed by atoms with Crippen LogP contribution in [0.2, 0.25) is 0 Å². The summed E-state index contributed by atoms with van der Waals surface area (Å²) in [6, 6.07) is 13.9. The van der Waals surface area contributed by atoms with Crippen LogP contribution in [0.15, 0.2) is 59.5 Å². The number of halogens is 1. The number of carbonyl (C=O) groups excluding carboxylic acids is 1. The number of nitrogens with one attached hydrogen (secondary N) is 1. The Bertz CT molecular complexity index is 1150. The van der Waals surface area contributed by atoms with Crippen LogP contribution in [0.3, 0.4) is 0 Å². The Morgan fingerprint density at radius 2 is 1.93 bits per heavy atom. The zero-order chi connectivity index (χ0) is 21.1. The maximum absolute atomic E-state index is 13.3. The lowest BCUT2D eigenvalue weighted by Gasteiger charge is -2.30. The molecule has 0 aliphatic carbocycles. The van der Waals surface area contributed by atoms with E-state index in [1.807, 2.05) is 0 Å². The summed E-state index contributed by atoms with van der Waals surface area (Å²) >= 11 is 1.13. The van der Waals surface area contributed by atoms with E-state index < -0.39 is 21.7 Å². The van der Waals surface area contributed by atoms with E-state index in [9.17, 15) is 17.6 Å². The first-order valence-corrected chi connectivity index (χ1v) is 11.6. The Balaban J connectivity index is 1.47. The van der Waals surface area contributed by atoms with E-state index in [1.165, 1.54) is 22.5 Å². The molecule has 30 heavy (non-hydrogen) atoms. The Hall–Kier alpha value is -2.69. The zero-order valence-corrected chi connectivity index (χ0v) is 17.5. The third kappa shape index (κ3) is 4.40. The predicted molar refractivity (Wildman–Crippen MR) is 111 cm³/mol. The number of aromatic nitrogens is 2. The van der Waals surface area contributed by atoms with Crippen molar-refractivity contribution in [2.75, 3.05) is 18.4 Å². The fourth-order valence-corrected chi connectivity index (χ4v) is 5.75. The van der Waals surface area contributed by atoms with Crippen molar-refractivity contribution in [1.29, 1.82) is 0 Å². The van der Waals surface area contributed by atoms with Crippen LogP contribution in [-0.2, 0) is 10.0 Å². The molecule has 0 unspecified atom stereocenters. The molecule has 2 aromatic carbocycles. The molecule has 7 nitrogen and oxygen atoms in total. The monoisotopic (exact) mass is 446 g/mol. The van der Waals surface area contributed by atoms with Crippen molar-refractivity contribution in [3.8, 4) is 0 Å². The number of carbonyl (C=O) groups is 1. The predicted octanol–water partition coefficient (Wildman–Crippen LogP) is 3.50. The number of rotatable bonds is 5. The Morgan fingerprint density at radius 3 is 2.70 bits per heavy atom. The van der Waals surface area contributed by atoms with Gasteiger partial charge in [-0.25, -0.2) is 12.8 Å². The molecule has 1 saturated heterocycles. The van der Waals surface area contributed by atoms with E-state index in [1.54, 1.807) is 36.4 Å². The second-order valence-corrected chi connectivity index (χ2v) is 9.87. The summed E-state index contributed by atoms with van der Waals surface area (Å²) in [6.07, 6.45) is 1.46. The highest BCUT2D eigenvalue weighted by molar-refractivity contribution is 7.89. The van der Waals surface area contributed by atoms with Crippen LogP contribution in [0.1, 0.15) is 33.6 Å². The van der Waals surface area contributed by atoms with Gasteiger partial charge in [0, 0.05) is 24.7 Å². The summed E-state index contributed by atoms with van der Waals surface area (Å²) in [5.41, 5.74) is 0.328. The maximum atomic E-state index is 13.3. The SMILES string of the molecule is O=C(Nc1cccc(F)c1)c1nnc([C@@H]2CCCN(S(=O)(=O)c3ccccc3)C2)s1. The van der Waals surface area contributed by atoms with Gasteiger partial charge in [0.05, 0.1) is 4.90 Å². The largest absolute Gasteiger partial charge is 0.320 e. The van der Waals surface area contributed by atoms with Gasteiger partial charge in [0.2, 0.25) is 15.0 Å². The van der Waals surface area contributed by atoms with Crippen LogP contribution in [0.25, 0.3) is 0 Å². The third-order valence-corrected chi connectivity index (χ3v) is 7.80. The van der Waals surface area contributed by atoms with Gasteiger partial charge in [-0.1, -0.05) is 35.6 Å². The quantitative estimate of drug-likeness (QED) is 0.648. The summed E-state index contributed by atoms with van der Waals surface area (Å²) < 4.78 is 40.6. The minimum atomic E-state index is -3.58. The molecule has 1 atom stereocenters. The van der Waals surface area contributed by atoms with Crippen LogP contribution < -0.4 is 5.32 Å². The van der Waals surface area contributed by atoms with E-state index in [2.05, 4.69) is 15.5 Å². The average molecular weight is 447 g/mol.